The van der Waals surface area contributed by atoms with Crippen LogP contribution in [0.5, 0.6) is 0 Å². The minimum atomic E-state index is -0.326. The summed E-state index contributed by atoms with van der Waals surface area (Å²) in [5.41, 5.74) is 5.29. The van der Waals surface area contributed by atoms with E-state index in [2.05, 4.69) is 59.2 Å². The van der Waals surface area contributed by atoms with E-state index >= 15 is 0 Å². The molecule has 1 saturated heterocycles. The van der Waals surface area contributed by atoms with Crippen molar-refractivity contribution >= 4 is 28.9 Å². The summed E-state index contributed by atoms with van der Waals surface area (Å²) in [7, 11) is 0. The normalized spacial score (nSPS) is 18.0. The van der Waals surface area contributed by atoms with Gasteiger partial charge in [0.1, 0.15) is 0 Å². The Labute approximate surface area is 224 Å². The van der Waals surface area contributed by atoms with Gasteiger partial charge in [-0.25, -0.2) is 0 Å². The van der Waals surface area contributed by atoms with E-state index in [1.54, 1.807) is 0 Å². The Bertz CT molecular complexity index is 1190. The fourth-order valence-corrected chi connectivity index (χ4v) is 5.58. The Hall–Kier alpha value is -2.55. The number of halogens is 2. The molecule has 3 atom stereocenters. The molecule has 0 amide bonds. The minimum Gasteiger partial charge on any atom is -0.393 e. The number of hydrogen-bond donors (Lipinski definition) is 1. The van der Waals surface area contributed by atoms with Gasteiger partial charge in [0.15, 0.2) is 0 Å². The Balaban J connectivity index is 1.63. The van der Waals surface area contributed by atoms with E-state index in [1.165, 1.54) is 11.1 Å². The third kappa shape index (κ3) is 6.22. The standard InChI is InChI=1S/C30H33Cl2N3O/c1-3-28(24-9-6-23(19-33)7-10-24)34-16-17-35(30(20-34)25-11-13-26(31)14-12-25)29-15-8-22(18-27(29)32)5-4-21(2)36/h6-15,18,21,28,30,36H,3-5,16-17,20H2,1-2H3/t21-,28+,30+/m1/s1. The maximum Gasteiger partial charge on any atom is 0.0991 e. The lowest BCUT2D eigenvalue weighted by Gasteiger charge is -2.46. The number of hydrogen-bond acceptors (Lipinski definition) is 4. The summed E-state index contributed by atoms with van der Waals surface area (Å²) in [5, 5.41) is 20.3. The molecule has 3 aromatic carbocycles. The van der Waals surface area contributed by atoms with Crippen LogP contribution in [0.25, 0.3) is 0 Å². The number of aliphatic hydroxyl groups excluding tert-OH is 1. The van der Waals surface area contributed by atoms with Crippen molar-refractivity contribution < 1.29 is 5.11 Å². The van der Waals surface area contributed by atoms with Crippen molar-refractivity contribution in [1.82, 2.24) is 4.90 Å². The van der Waals surface area contributed by atoms with Crippen LogP contribution < -0.4 is 4.90 Å². The van der Waals surface area contributed by atoms with Crippen molar-refractivity contribution in [3.63, 3.8) is 0 Å². The summed E-state index contributed by atoms with van der Waals surface area (Å²) in [5.74, 6) is 0. The van der Waals surface area contributed by atoms with Crippen LogP contribution in [0.4, 0.5) is 5.69 Å². The molecule has 188 valence electrons. The molecular formula is C30H33Cl2N3O. The molecule has 4 rings (SSSR count). The number of aliphatic hydroxyl groups is 1. The van der Waals surface area contributed by atoms with Crippen LogP contribution in [0.3, 0.4) is 0 Å². The molecule has 0 aromatic heterocycles. The Morgan fingerprint density at radius 2 is 1.75 bits per heavy atom. The van der Waals surface area contributed by atoms with E-state index in [-0.39, 0.29) is 18.2 Å². The lowest BCUT2D eigenvalue weighted by molar-refractivity contribution is 0.156. The third-order valence-corrected chi connectivity index (χ3v) is 7.65. The highest BCUT2D eigenvalue weighted by molar-refractivity contribution is 6.33. The highest BCUT2D eigenvalue weighted by Crippen LogP contribution is 2.39. The van der Waals surface area contributed by atoms with Crippen molar-refractivity contribution in [2.75, 3.05) is 24.5 Å². The van der Waals surface area contributed by atoms with Gasteiger partial charge in [0.25, 0.3) is 0 Å². The van der Waals surface area contributed by atoms with Gasteiger partial charge >= 0.3 is 0 Å². The van der Waals surface area contributed by atoms with Gasteiger partial charge in [-0.2, -0.15) is 5.26 Å². The van der Waals surface area contributed by atoms with E-state index in [0.717, 1.165) is 60.2 Å². The van der Waals surface area contributed by atoms with Gasteiger partial charge in [-0.3, -0.25) is 4.90 Å². The molecule has 1 heterocycles. The highest BCUT2D eigenvalue weighted by atomic mass is 35.5. The number of benzene rings is 3. The number of piperazine rings is 1. The van der Waals surface area contributed by atoms with E-state index in [0.29, 0.717) is 5.56 Å². The van der Waals surface area contributed by atoms with Crippen molar-refractivity contribution in [2.24, 2.45) is 0 Å². The largest absolute Gasteiger partial charge is 0.393 e. The quantitative estimate of drug-likeness (QED) is 0.340. The van der Waals surface area contributed by atoms with Crippen molar-refractivity contribution in [3.05, 3.63) is 99.0 Å². The number of nitriles is 1. The lowest BCUT2D eigenvalue weighted by Crippen LogP contribution is -2.49. The summed E-state index contributed by atoms with van der Waals surface area (Å²) in [4.78, 5) is 4.95. The minimum absolute atomic E-state index is 0.115. The zero-order valence-corrected chi connectivity index (χ0v) is 22.4. The van der Waals surface area contributed by atoms with Gasteiger partial charge in [-0.1, -0.05) is 60.5 Å². The van der Waals surface area contributed by atoms with Crippen molar-refractivity contribution in [1.29, 1.82) is 5.26 Å². The molecule has 0 saturated carbocycles. The van der Waals surface area contributed by atoms with Crippen molar-refractivity contribution in [3.8, 4) is 6.07 Å². The van der Waals surface area contributed by atoms with Crippen LogP contribution in [0.15, 0.2) is 66.7 Å². The predicted octanol–water partition coefficient (Wildman–Crippen LogP) is 7.19. The zero-order valence-electron chi connectivity index (χ0n) is 20.9. The number of rotatable bonds is 8. The summed E-state index contributed by atoms with van der Waals surface area (Å²) in [6.45, 7) is 6.62. The molecule has 6 heteroatoms. The van der Waals surface area contributed by atoms with Gasteiger partial charge in [0.2, 0.25) is 0 Å². The van der Waals surface area contributed by atoms with E-state index < -0.39 is 0 Å². The molecule has 4 nitrogen and oxygen atoms in total. The molecule has 1 aliphatic rings. The monoisotopic (exact) mass is 521 g/mol. The fourth-order valence-electron chi connectivity index (χ4n) is 5.14. The number of nitrogens with zero attached hydrogens (tertiary/aromatic N) is 3. The Morgan fingerprint density at radius 1 is 1.03 bits per heavy atom. The summed E-state index contributed by atoms with van der Waals surface area (Å²) >= 11 is 13.1. The molecule has 0 spiro atoms. The average Bonchev–Trinajstić information content (AvgIpc) is 2.89. The van der Waals surface area contributed by atoms with Crippen LogP contribution >= 0.6 is 23.2 Å². The van der Waals surface area contributed by atoms with Crippen LogP contribution in [0.1, 0.15) is 61.0 Å². The highest BCUT2D eigenvalue weighted by Gasteiger charge is 2.33. The molecule has 1 fully saturated rings. The molecule has 1 aliphatic heterocycles. The summed E-state index contributed by atoms with van der Waals surface area (Å²) in [6.07, 6.45) is 2.18. The molecule has 3 aromatic rings. The second-order valence-electron chi connectivity index (χ2n) is 9.59. The van der Waals surface area contributed by atoms with Crippen molar-refractivity contribution in [2.45, 2.75) is 51.3 Å². The van der Waals surface area contributed by atoms with Gasteiger partial charge in [-0.05, 0) is 79.3 Å². The molecule has 1 N–H and O–H groups in total. The van der Waals surface area contributed by atoms with E-state index in [9.17, 15) is 10.4 Å². The van der Waals surface area contributed by atoms with Gasteiger partial charge in [0, 0.05) is 30.7 Å². The van der Waals surface area contributed by atoms with E-state index in [1.807, 2.05) is 37.3 Å². The first-order chi connectivity index (χ1) is 17.4. The topological polar surface area (TPSA) is 50.5 Å². The first-order valence-electron chi connectivity index (χ1n) is 12.6. The van der Waals surface area contributed by atoms with Crippen LogP contribution in [-0.4, -0.2) is 35.7 Å². The molecule has 0 aliphatic carbocycles. The average molecular weight is 523 g/mol. The molecular weight excluding hydrogens is 489 g/mol. The maximum absolute atomic E-state index is 9.65. The smallest absolute Gasteiger partial charge is 0.0991 e. The van der Waals surface area contributed by atoms with E-state index in [4.69, 9.17) is 23.2 Å². The Morgan fingerprint density at radius 3 is 2.36 bits per heavy atom. The number of aryl methyl sites for hydroxylation is 1. The second kappa shape index (κ2) is 12.1. The summed E-state index contributed by atoms with van der Waals surface area (Å²) in [6, 6.07) is 25.0. The SMILES string of the molecule is CC[C@@H](c1ccc(C#N)cc1)N1CCN(c2ccc(CC[C@@H](C)O)cc2Cl)[C@H](c2ccc(Cl)cc2)C1. The van der Waals surface area contributed by atoms with Crippen LogP contribution in [-0.2, 0) is 6.42 Å². The first-order valence-corrected chi connectivity index (χ1v) is 13.4. The third-order valence-electron chi connectivity index (χ3n) is 7.09. The molecule has 36 heavy (non-hydrogen) atoms. The lowest BCUT2D eigenvalue weighted by atomic mass is 9.96. The van der Waals surface area contributed by atoms with Gasteiger partial charge in [0.05, 0.1) is 34.5 Å². The van der Waals surface area contributed by atoms with Crippen LogP contribution in [0, 0.1) is 11.3 Å². The Kier molecular flexibility index (Phi) is 8.93. The van der Waals surface area contributed by atoms with Gasteiger partial charge in [-0.15, -0.1) is 0 Å². The second-order valence-corrected chi connectivity index (χ2v) is 10.4. The zero-order chi connectivity index (χ0) is 25.7. The predicted molar refractivity (Wildman–Crippen MR) is 149 cm³/mol. The first kappa shape index (κ1) is 26.5. The molecule has 0 unspecified atom stereocenters. The molecule has 0 bridgehead atoms. The fraction of sp³-hybridized carbons (Fsp3) is 0.367. The summed E-state index contributed by atoms with van der Waals surface area (Å²) < 4.78 is 0. The maximum atomic E-state index is 9.65. The molecule has 0 radical (unpaired) electrons. The van der Waals surface area contributed by atoms with Crippen LogP contribution in [0.2, 0.25) is 10.0 Å². The van der Waals surface area contributed by atoms with Gasteiger partial charge < -0.3 is 10.0 Å². The number of anilines is 1.